The highest BCUT2D eigenvalue weighted by Gasteiger charge is 2.19. The standard InChI is InChI=1S/C18H19/c1-2-14-10-12-16(13-11-14)18-9-5-7-15-6-3-4-8-17(15)18/h2-9,16H,1,10-13H2. The maximum atomic E-state index is 3.90. The van der Waals surface area contributed by atoms with Crippen LogP contribution < -0.4 is 0 Å². The molecule has 1 fully saturated rings. The lowest BCUT2D eigenvalue weighted by atomic mass is 9.80. The van der Waals surface area contributed by atoms with Gasteiger partial charge in [0.05, 0.1) is 0 Å². The van der Waals surface area contributed by atoms with Crippen LogP contribution in [-0.2, 0) is 0 Å². The number of fused-ring (bicyclic) bond motifs is 1. The van der Waals surface area contributed by atoms with E-state index in [1.807, 2.05) is 0 Å². The normalized spacial score (nSPS) is 20.1. The molecule has 0 heterocycles. The second-order valence-corrected chi connectivity index (χ2v) is 5.21. The fourth-order valence-electron chi connectivity index (χ4n) is 3.11. The molecule has 0 atom stereocenters. The summed E-state index contributed by atoms with van der Waals surface area (Å²) in [6, 6.07) is 15.5. The van der Waals surface area contributed by atoms with Crippen LogP contribution in [0.2, 0.25) is 0 Å². The van der Waals surface area contributed by atoms with Crippen molar-refractivity contribution < 1.29 is 0 Å². The molecule has 0 aliphatic heterocycles. The first-order valence-electron chi connectivity index (χ1n) is 6.83. The predicted molar refractivity (Wildman–Crippen MR) is 78.6 cm³/mol. The maximum Gasteiger partial charge on any atom is -0.0149 e. The zero-order chi connectivity index (χ0) is 12.4. The molecule has 0 bridgehead atoms. The average Bonchev–Trinajstić information content (AvgIpc) is 2.47. The van der Waals surface area contributed by atoms with E-state index in [1.165, 1.54) is 47.6 Å². The molecule has 0 nitrogen and oxygen atoms in total. The maximum absolute atomic E-state index is 3.90. The molecule has 1 aliphatic rings. The molecule has 3 rings (SSSR count). The summed E-state index contributed by atoms with van der Waals surface area (Å²) in [4.78, 5) is 0. The smallest absolute Gasteiger partial charge is 0.0149 e. The molecule has 0 N–H and O–H groups in total. The molecule has 1 radical (unpaired) electrons. The quantitative estimate of drug-likeness (QED) is 0.632. The Kier molecular flexibility index (Phi) is 3.19. The molecule has 2 aromatic rings. The molecular weight excluding hydrogens is 216 g/mol. The lowest BCUT2D eigenvalue weighted by molar-refractivity contribution is 0.519. The second-order valence-electron chi connectivity index (χ2n) is 5.21. The van der Waals surface area contributed by atoms with Crippen molar-refractivity contribution in [2.24, 2.45) is 0 Å². The first kappa shape index (κ1) is 11.5. The Morgan fingerprint density at radius 2 is 1.67 bits per heavy atom. The minimum Gasteiger partial charge on any atom is -0.0850 e. The monoisotopic (exact) mass is 235 g/mol. The van der Waals surface area contributed by atoms with Crippen molar-refractivity contribution in [1.82, 2.24) is 0 Å². The predicted octanol–water partition coefficient (Wildman–Crippen LogP) is 5.26. The Morgan fingerprint density at radius 1 is 0.944 bits per heavy atom. The molecule has 0 heteroatoms. The Bertz CT molecular complexity index is 562. The molecule has 0 amide bonds. The van der Waals surface area contributed by atoms with Crippen LogP contribution in [0.1, 0.15) is 37.2 Å². The number of benzene rings is 2. The van der Waals surface area contributed by atoms with Gasteiger partial charge in [0.25, 0.3) is 0 Å². The van der Waals surface area contributed by atoms with Gasteiger partial charge in [-0.2, -0.15) is 0 Å². The first-order chi connectivity index (χ1) is 8.88. The molecule has 2 aromatic carbocycles. The van der Waals surface area contributed by atoms with Gasteiger partial charge in [-0.3, -0.25) is 0 Å². The van der Waals surface area contributed by atoms with Gasteiger partial charge in [0.2, 0.25) is 0 Å². The zero-order valence-corrected chi connectivity index (χ0v) is 10.7. The molecule has 1 saturated carbocycles. The van der Waals surface area contributed by atoms with Gasteiger partial charge in [-0.05, 0) is 54.9 Å². The topological polar surface area (TPSA) is 0 Å². The number of allylic oxidation sites excluding steroid dienone is 2. The summed E-state index contributed by atoms with van der Waals surface area (Å²) in [5.74, 6) is 0.722. The Morgan fingerprint density at radius 3 is 2.44 bits per heavy atom. The van der Waals surface area contributed by atoms with Gasteiger partial charge >= 0.3 is 0 Å². The van der Waals surface area contributed by atoms with Gasteiger partial charge in [0.1, 0.15) is 0 Å². The van der Waals surface area contributed by atoms with Crippen LogP contribution in [-0.4, -0.2) is 0 Å². The third kappa shape index (κ3) is 2.08. The fraction of sp³-hybridized carbons (Fsp3) is 0.278. The van der Waals surface area contributed by atoms with Crippen molar-refractivity contribution >= 4 is 10.8 Å². The van der Waals surface area contributed by atoms with E-state index in [-0.39, 0.29) is 0 Å². The summed E-state index contributed by atoms with van der Waals surface area (Å²) in [6.07, 6.45) is 7.04. The Hall–Kier alpha value is -1.56. The van der Waals surface area contributed by atoms with Crippen LogP contribution in [0.25, 0.3) is 10.8 Å². The Balaban J connectivity index is 1.95. The van der Waals surface area contributed by atoms with E-state index >= 15 is 0 Å². The second kappa shape index (κ2) is 4.97. The van der Waals surface area contributed by atoms with E-state index in [4.69, 9.17) is 0 Å². The lowest BCUT2D eigenvalue weighted by Gasteiger charge is -2.25. The number of hydrogen-bond donors (Lipinski definition) is 0. The SMILES string of the molecule is [CH2]C=C1CCC(c2cccc3ccccc23)CC1. The minimum atomic E-state index is 0.722. The van der Waals surface area contributed by atoms with Gasteiger partial charge in [0, 0.05) is 0 Å². The molecule has 0 spiro atoms. The minimum absolute atomic E-state index is 0.722. The van der Waals surface area contributed by atoms with Crippen molar-refractivity contribution in [3.05, 3.63) is 66.6 Å². The molecule has 0 aromatic heterocycles. The summed E-state index contributed by atoms with van der Waals surface area (Å²) in [5.41, 5.74) is 3.07. The zero-order valence-electron chi connectivity index (χ0n) is 10.7. The van der Waals surface area contributed by atoms with Crippen molar-refractivity contribution in [3.8, 4) is 0 Å². The van der Waals surface area contributed by atoms with Crippen LogP contribution in [0.3, 0.4) is 0 Å². The van der Waals surface area contributed by atoms with Crippen molar-refractivity contribution in [2.75, 3.05) is 0 Å². The third-order valence-corrected chi connectivity index (χ3v) is 4.18. The molecular formula is C18H19. The van der Waals surface area contributed by atoms with E-state index in [0.29, 0.717) is 0 Å². The summed E-state index contributed by atoms with van der Waals surface area (Å²) in [7, 11) is 0. The van der Waals surface area contributed by atoms with Crippen LogP contribution in [0.4, 0.5) is 0 Å². The van der Waals surface area contributed by atoms with E-state index in [9.17, 15) is 0 Å². The molecule has 91 valence electrons. The van der Waals surface area contributed by atoms with E-state index in [0.717, 1.165) is 5.92 Å². The average molecular weight is 235 g/mol. The summed E-state index contributed by atoms with van der Waals surface area (Å²) < 4.78 is 0. The number of rotatable bonds is 1. The number of hydrogen-bond acceptors (Lipinski definition) is 0. The van der Waals surface area contributed by atoms with Crippen LogP contribution in [0, 0.1) is 6.92 Å². The summed E-state index contributed by atoms with van der Waals surface area (Å²) >= 11 is 0. The highest BCUT2D eigenvalue weighted by atomic mass is 14.2. The van der Waals surface area contributed by atoms with Crippen LogP contribution >= 0.6 is 0 Å². The lowest BCUT2D eigenvalue weighted by Crippen LogP contribution is -2.07. The van der Waals surface area contributed by atoms with Gasteiger partial charge in [-0.1, -0.05) is 54.1 Å². The summed E-state index contributed by atoms with van der Waals surface area (Å²) in [6.45, 7) is 3.90. The highest BCUT2D eigenvalue weighted by Crippen LogP contribution is 2.38. The van der Waals surface area contributed by atoms with Gasteiger partial charge in [0.15, 0.2) is 0 Å². The van der Waals surface area contributed by atoms with E-state index < -0.39 is 0 Å². The van der Waals surface area contributed by atoms with Crippen LogP contribution in [0.5, 0.6) is 0 Å². The van der Waals surface area contributed by atoms with Gasteiger partial charge in [-0.15, -0.1) is 0 Å². The van der Waals surface area contributed by atoms with Crippen LogP contribution in [0.15, 0.2) is 54.1 Å². The van der Waals surface area contributed by atoms with E-state index in [1.54, 1.807) is 0 Å². The highest BCUT2D eigenvalue weighted by molar-refractivity contribution is 5.86. The van der Waals surface area contributed by atoms with Crippen molar-refractivity contribution in [1.29, 1.82) is 0 Å². The molecule has 0 unspecified atom stereocenters. The first-order valence-corrected chi connectivity index (χ1v) is 6.83. The molecule has 18 heavy (non-hydrogen) atoms. The van der Waals surface area contributed by atoms with E-state index in [2.05, 4.69) is 55.5 Å². The van der Waals surface area contributed by atoms with Gasteiger partial charge < -0.3 is 0 Å². The molecule has 0 saturated heterocycles. The van der Waals surface area contributed by atoms with Crippen molar-refractivity contribution in [2.45, 2.75) is 31.6 Å². The largest absolute Gasteiger partial charge is 0.0850 e. The molecule has 1 aliphatic carbocycles. The Labute approximate surface area is 109 Å². The third-order valence-electron chi connectivity index (χ3n) is 4.18. The van der Waals surface area contributed by atoms with Gasteiger partial charge in [-0.25, -0.2) is 0 Å². The summed E-state index contributed by atoms with van der Waals surface area (Å²) in [5, 5.41) is 2.81. The van der Waals surface area contributed by atoms with Crippen molar-refractivity contribution in [3.63, 3.8) is 0 Å². The fourth-order valence-corrected chi connectivity index (χ4v) is 3.11.